The highest BCUT2D eigenvalue weighted by Gasteiger charge is 2.49. The van der Waals surface area contributed by atoms with Gasteiger partial charge < -0.3 is 50.7 Å². The van der Waals surface area contributed by atoms with Crippen molar-refractivity contribution in [3.05, 3.63) is 184 Å². The van der Waals surface area contributed by atoms with Gasteiger partial charge in [0, 0.05) is 150 Å². The normalized spacial score (nSPS) is 19.7. The molecule has 118 heavy (non-hydrogen) atoms. The lowest BCUT2D eigenvalue weighted by molar-refractivity contribution is -0.144. The molecule has 12 rings (SSSR count). The van der Waals surface area contributed by atoms with Crippen LogP contribution in [-0.2, 0) is 39.0 Å². The molecule has 4 fully saturated rings. The van der Waals surface area contributed by atoms with Crippen molar-refractivity contribution in [2.75, 3.05) is 152 Å². The summed E-state index contributed by atoms with van der Waals surface area (Å²) in [6.45, 7) is 23.3. The second-order valence-electron chi connectivity index (χ2n) is 32.7. The molecular weight excluding hydrogens is 1610 g/mol. The van der Waals surface area contributed by atoms with E-state index in [9.17, 15) is 59.1 Å². The highest BCUT2D eigenvalue weighted by atomic mass is 35.5. The SMILES string of the molecule is Cc1ncsc1-c1ccc([C@H](C)NC(=O)[C@@H]2C[C@@H](O)CN2C(=O)[C@@H](NC(=O)CNC(=O)c2ccc(N3CCN(CCN(C)CC4(C)CCC(c5ccc(Cl)cc5)=C(CN5CCN(c6ccc(C(=O)NS(=O)(=O)c7ccc(N[C@H](CCN8CCOCC8)CSc8ccccc8)c(S(=O)(=O)C(F)(F)F)c7)cc6)CC5)C4)CC3)nc2)C(C)(C)C)cc1. The van der Waals surface area contributed by atoms with Crippen molar-refractivity contribution in [1.29, 1.82) is 0 Å². The van der Waals surface area contributed by atoms with Gasteiger partial charge in [-0.25, -0.2) is 31.5 Å². The van der Waals surface area contributed by atoms with Crippen LogP contribution in [0.25, 0.3) is 16.0 Å². The van der Waals surface area contributed by atoms with Crippen molar-refractivity contribution in [2.24, 2.45) is 10.8 Å². The van der Waals surface area contributed by atoms with Gasteiger partial charge in [0.2, 0.25) is 17.7 Å². The monoisotopic (exact) mass is 1720 g/mol. The summed E-state index contributed by atoms with van der Waals surface area (Å²) in [6.07, 6.45) is 3.81. The van der Waals surface area contributed by atoms with Crippen molar-refractivity contribution >= 4 is 107 Å². The number of nitrogens with zero attached hydrogens (tertiary/aromatic N) is 9. The molecular formula is C85H106ClF3N14O11S4. The number of thiazole rings is 1. The van der Waals surface area contributed by atoms with Gasteiger partial charge >= 0.3 is 5.51 Å². The number of hydrogen-bond donors (Lipinski definition) is 6. The quantitative estimate of drug-likeness (QED) is 0.0220. The summed E-state index contributed by atoms with van der Waals surface area (Å²) in [5, 5.41) is 23.0. The van der Waals surface area contributed by atoms with Gasteiger partial charge in [0.05, 0.1) is 64.1 Å². The number of benzene rings is 5. The number of ether oxygens (including phenoxy) is 1. The summed E-state index contributed by atoms with van der Waals surface area (Å²) in [6, 6.07) is 34.5. The number of sulfonamides is 1. The predicted molar refractivity (Wildman–Crippen MR) is 455 cm³/mol. The number of aliphatic hydroxyl groups excluding tert-OH is 1. The Morgan fingerprint density at radius 2 is 1.43 bits per heavy atom. The predicted octanol–water partition coefficient (Wildman–Crippen LogP) is 10.5. The Balaban J connectivity index is 0.587. The number of thioether (sulfide) groups is 1. The van der Waals surface area contributed by atoms with E-state index >= 15 is 0 Å². The van der Waals surface area contributed by atoms with Crippen molar-refractivity contribution in [2.45, 2.75) is 124 Å². The Kier molecular flexibility index (Phi) is 29.2. The number of piperazine rings is 2. The molecule has 634 valence electrons. The lowest BCUT2D eigenvalue weighted by Crippen LogP contribution is -2.58. The van der Waals surface area contributed by atoms with Crippen LogP contribution in [0.4, 0.5) is 30.4 Å². The zero-order valence-corrected chi connectivity index (χ0v) is 71.6. The number of likely N-dealkylation sites (N-methyl/N-ethyl adjacent to an activating group) is 1. The van der Waals surface area contributed by atoms with Gasteiger partial charge in [-0.3, -0.25) is 38.7 Å². The topological polar surface area (TPSA) is 292 Å². The zero-order valence-electron chi connectivity index (χ0n) is 67.6. The first-order chi connectivity index (χ1) is 56.1. The van der Waals surface area contributed by atoms with Crippen LogP contribution in [0, 0.1) is 17.8 Å². The standard InChI is InChI=1S/C85H106ClF3N14O11S4/c1-57(59-13-15-61(16-14-59)77-58(2)92-56-116-77)93-81(108)73-47-68(104)53-103(73)82(109)78(83(3,4)5)95-76(105)51-91-79(106)63-21-28-75(90-50-63)102-41-35-99(36-42-102)34-33-97(7)55-84(6)31-29-71(60-17-22-65(86)23-18-60)64(49-84)52-100-37-39-101(40-38-100)67-24-19-62(20-25-67)80(107)96-118(112,113)70-26-27-72(74(48-70)117(110,111)85(87,88)89)94-66(30-32-98-43-45-114-46-44-98)54-115-69-11-9-8-10-12-69/h8-28,48,50,56-57,66,68,73,78,94,104H,29-47,49,51-55H2,1-7H3,(H,91,106)(H,93,108)(H,95,105)(H,96,107)/t57-,66+,68+,73-,78+,84?/m0/s1. The fourth-order valence-electron chi connectivity index (χ4n) is 16.0. The summed E-state index contributed by atoms with van der Waals surface area (Å²) in [4.78, 5) is 92.9. The number of aliphatic hydroxyl groups is 1. The molecule has 0 spiro atoms. The molecule has 1 aliphatic carbocycles. The van der Waals surface area contributed by atoms with E-state index in [2.05, 4.69) is 86.7 Å². The molecule has 0 saturated carbocycles. The van der Waals surface area contributed by atoms with Crippen molar-refractivity contribution in [1.82, 2.24) is 55.1 Å². The van der Waals surface area contributed by atoms with E-state index in [1.165, 1.54) is 46.1 Å². The third kappa shape index (κ3) is 22.9. The van der Waals surface area contributed by atoms with Gasteiger partial charge in [-0.15, -0.1) is 23.1 Å². The fraction of sp³-hybridized carbons (Fsp3) is 0.471. The molecule has 4 aliphatic heterocycles. The molecule has 4 saturated heterocycles. The first kappa shape index (κ1) is 88.7. The fourth-order valence-corrected chi connectivity index (χ4v) is 19.9. The van der Waals surface area contributed by atoms with Crippen LogP contribution in [0.3, 0.4) is 0 Å². The van der Waals surface area contributed by atoms with Gasteiger partial charge in [-0.1, -0.05) is 99.5 Å². The van der Waals surface area contributed by atoms with Crippen LogP contribution in [0.15, 0.2) is 165 Å². The summed E-state index contributed by atoms with van der Waals surface area (Å²) < 4.78 is 105. The molecule has 6 heterocycles. The number of allylic oxidation sites excluding steroid dienone is 1. The summed E-state index contributed by atoms with van der Waals surface area (Å²) >= 11 is 9.40. The lowest BCUT2D eigenvalue weighted by Gasteiger charge is -2.42. The molecule has 5 aliphatic rings. The molecule has 5 amide bonds. The Labute approximate surface area is 702 Å². The number of anilines is 3. The first-order valence-electron chi connectivity index (χ1n) is 40.0. The molecule has 0 bridgehead atoms. The third-order valence-electron chi connectivity index (χ3n) is 22.7. The molecule has 33 heteroatoms. The molecule has 7 aromatic rings. The lowest BCUT2D eigenvalue weighted by atomic mass is 9.71. The number of likely N-dealkylation sites (tertiary alicyclic amines) is 1. The molecule has 6 atom stereocenters. The van der Waals surface area contributed by atoms with Crippen molar-refractivity contribution in [3.8, 4) is 10.4 Å². The second-order valence-corrected chi connectivity index (χ2v) is 38.6. The largest absolute Gasteiger partial charge is 0.501 e. The van der Waals surface area contributed by atoms with Crippen LogP contribution >= 0.6 is 34.7 Å². The number of carbonyl (C=O) groups excluding carboxylic acids is 5. The summed E-state index contributed by atoms with van der Waals surface area (Å²) in [5.41, 5.74) is 2.52. The van der Waals surface area contributed by atoms with Crippen LogP contribution < -0.4 is 35.8 Å². The maximum Gasteiger partial charge on any atom is 0.501 e. The number of hydrogen-bond acceptors (Lipinski definition) is 22. The van der Waals surface area contributed by atoms with Crippen LogP contribution in [-0.4, -0.2) is 253 Å². The number of aromatic nitrogens is 2. The number of halogens is 4. The number of alkyl halides is 3. The van der Waals surface area contributed by atoms with Crippen molar-refractivity contribution < 1.29 is 63.8 Å². The van der Waals surface area contributed by atoms with Gasteiger partial charge in [-0.05, 0) is 159 Å². The number of nitrogens with one attached hydrogen (secondary N) is 5. The number of carbonyl (C=O) groups is 5. The molecule has 2 aromatic heterocycles. The average Bonchev–Trinajstić information content (AvgIpc) is 0.967. The minimum atomic E-state index is -6.11. The zero-order chi connectivity index (χ0) is 84.3. The number of aryl methyl sites for hydroxylation is 1. The van der Waals surface area contributed by atoms with Crippen LogP contribution in [0.2, 0.25) is 5.02 Å². The molecule has 0 radical (unpaired) electrons. The maximum absolute atomic E-state index is 14.4. The van der Waals surface area contributed by atoms with E-state index in [0.717, 1.165) is 141 Å². The highest BCUT2D eigenvalue weighted by molar-refractivity contribution is 7.99. The van der Waals surface area contributed by atoms with E-state index in [0.29, 0.717) is 69.2 Å². The summed E-state index contributed by atoms with van der Waals surface area (Å²) in [5.74, 6) is -2.03. The van der Waals surface area contributed by atoms with Crippen molar-refractivity contribution in [3.63, 3.8) is 0 Å². The second kappa shape index (κ2) is 38.9. The third-order valence-corrected chi connectivity index (χ3v) is 27.9. The number of rotatable bonds is 31. The van der Waals surface area contributed by atoms with E-state index in [1.807, 2.05) is 85.3 Å². The maximum atomic E-state index is 14.4. The minimum absolute atomic E-state index is 0.0115. The Hall–Kier alpha value is -8.54. The smallest absolute Gasteiger partial charge is 0.391 e. The van der Waals surface area contributed by atoms with Crippen LogP contribution in [0.5, 0.6) is 0 Å². The highest BCUT2D eigenvalue weighted by Crippen LogP contribution is 2.45. The number of β-amino-alcohol motifs (C(OH)–C–C–N with tert-alkyl or cyclic N) is 1. The van der Waals surface area contributed by atoms with Gasteiger partial charge in [0.1, 0.15) is 22.8 Å². The number of sulfone groups is 1. The average molecular weight is 1720 g/mol. The first-order valence-corrected chi connectivity index (χ1v) is 45.2. The van der Waals surface area contributed by atoms with E-state index in [1.54, 1.807) is 61.9 Å². The molecule has 25 nitrogen and oxygen atoms in total. The Bertz CT molecular complexity index is 4910. The molecule has 1 unspecified atom stereocenters. The number of amides is 5. The van der Waals surface area contributed by atoms with E-state index in [4.69, 9.17) is 16.3 Å². The van der Waals surface area contributed by atoms with E-state index < -0.39 is 113 Å². The Morgan fingerprint density at radius 1 is 0.771 bits per heavy atom. The number of morpholine rings is 1. The van der Waals surface area contributed by atoms with Gasteiger partial charge in [0.25, 0.3) is 31.7 Å². The summed E-state index contributed by atoms with van der Waals surface area (Å²) in [7, 11) is -8.84. The van der Waals surface area contributed by atoms with Crippen LogP contribution in [0.1, 0.15) is 110 Å². The molecule has 5 aromatic carbocycles. The minimum Gasteiger partial charge on any atom is -0.391 e. The van der Waals surface area contributed by atoms with E-state index in [-0.39, 0.29) is 29.5 Å². The van der Waals surface area contributed by atoms with Gasteiger partial charge in [0.15, 0.2) is 0 Å². The number of pyridine rings is 1. The Morgan fingerprint density at radius 3 is 2.08 bits per heavy atom. The van der Waals surface area contributed by atoms with Gasteiger partial charge in [-0.2, -0.15) is 13.2 Å². The molecule has 6 N–H and O–H groups in total.